The Hall–Kier alpha value is -1.79. The molecule has 2 amide bonds. The van der Waals surface area contributed by atoms with Crippen LogP contribution in [-0.4, -0.2) is 77.8 Å². The number of ether oxygens (including phenoxy) is 5. The normalized spacial score (nSPS) is 34.7. The highest BCUT2D eigenvalue weighted by molar-refractivity contribution is 5.89. The molecule has 11 heteroatoms. The second kappa shape index (κ2) is 8.04. The Bertz CT molecular complexity index is 708. The molecule has 3 aliphatic heterocycles. The van der Waals surface area contributed by atoms with E-state index < -0.39 is 72.7 Å². The van der Waals surface area contributed by atoms with Gasteiger partial charge in [0.25, 0.3) is 5.91 Å². The summed E-state index contributed by atoms with van der Waals surface area (Å²) >= 11 is 0. The van der Waals surface area contributed by atoms with Crippen molar-refractivity contribution in [1.82, 2.24) is 10.6 Å². The Morgan fingerprint density at radius 1 is 0.933 bits per heavy atom. The van der Waals surface area contributed by atoms with Gasteiger partial charge in [0.05, 0.1) is 6.54 Å². The van der Waals surface area contributed by atoms with Gasteiger partial charge in [-0.15, -0.1) is 0 Å². The van der Waals surface area contributed by atoms with Crippen LogP contribution in [0.3, 0.4) is 0 Å². The molecule has 3 N–H and O–H groups in total. The minimum Gasteiger partial charge on any atom is -0.480 e. The first-order chi connectivity index (χ1) is 13.8. The average Bonchev–Trinajstić information content (AvgIpc) is 3.10. The van der Waals surface area contributed by atoms with Crippen LogP contribution in [0, 0.1) is 5.92 Å². The van der Waals surface area contributed by atoms with E-state index in [9.17, 15) is 19.5 Å². The van der Waals surface area contributed by atoms with Crippen molar-refractivity contribution in [2.24, 2.45) is 5.92 Å². The monoisotopic (exact) mass is 430 g/mol. The summed E-state index contributed by atoms with van der Waals surface area (Å²) in [5, 5.41) is 14.0. The fourth-order valence-electron chi connectivity index (χ4n) is 3.83. The van der Waals surface area contributed by atoms with Gasteiger partial charge in [0.15, 0.2) is 24.0 Å². The van der Waals surface area contributed by atoms with Crippen LogP contribution in [0.5, 0.6) is 0 Å². The van der Waals surface area contributed by atoms with Crippen molar-refractivity contribution >= 4 is 17.8 Å². The van der Waals surface area contributed by atoms with Gasteiger partial charge in [-0.25, -0.2) is 4.79 Å². The molecule has 3 rings (SSSR count). The number of carboxylic acid groups (broad SMARTS) is 1. The highest BCUT2D eigenvalue weighted by Crippen LogP contribution is 2.44. The number of carboxylic acids is 1. The van der Waals surface area contributed by atoms with Crippen molar-refractivity contribution in [1.29, 1.82) is 0 Å². The fraction of sp³-hybridized carbons (Fsp3) is 0.842. The number of hydrogen-bond acceptors (Lipinski definition) is 8. The number of aliphatic carboxylic acids is 1. The van der Waals surface area contributed by atoms with Crippen LogP contribution in [0.15, 0.2) is 0 Å². The second-order valence-electron chi connectivity index (χ2n) is 8.94. The van der Waals surface area contributed by atoms with Crippen molar-refractivity contribution < 1.29 is 43.2 Å². The lowest BCUT2D eigenvalue weighted by Gasteiger charge is -2.36. The molecule has 3 aliphatic rings. The molecule has 0 radical (unpaired) electrons. The molecule has 11 nitrogen and oxygen atoms in total. The third-order valence-electron chi connectivity index (χ3n) is 5.09. The molecule has 0 saturated carbocycles. The summed E-state index contributed by atoms with van der Waals surface area (Å²) in [6, 6.07) is -1.05. The molecule has 3 heterocycles. The molecule has 6 atom stereocenters. The number of fused-ring (bicyclic) bond motifs is 3. The van der Waals surface area contributed by atoms with Crippen molar-refractivity contribution in [2.75, 3.05) is 6.54 Å². The van der Waals surface area contributed by atoms with E-state index in [1.165, 1.54) is 0 Å². The summed E-state index contributed by atoms with van der Waals surface area (Å²) in [5.41, 5.74) is 0. The summed E-state index contributed by atoms with van der Waals surface area (Å²) in [4.78, 5) is 36.1. The van der Waals surface area contributed by atoms with Gasteiger partial charge >= 0.3 is 5.97 Å². The first-order valence-electron chi connectivity index (χ1n) is 9.96. The number of nitrogens with one attached hydrogen (secondary N) is 2. The molecular weight excluding hydrogens is 400 g/mol. The molecule has 0 bridgehead atoms. The van der Waals surface area contributed by atoms with Crippen molar-refractivity contribution in [3.8, 4) is 0 Å². The molecule has 0 aromatic heterocycles. The van der Waals surface area contributed by atoms with Crippen LogP contribution in [0.25, 0.3) is 0 Å². The largest absolute Gasteiger partial charge is 0.480 e. The molecule has 170 valence electrons. The molecule has 0 aliphatic carbocycles. The molecule has 3 fully saturated rings. The smallest absolute Gasteiger partial charge is 0.326 e. The first kappa shape index (κ1) is 22.9. The van der Waals surface area contributed by atoms with E-state index >= 15 is 0 Å². The highest BCUT2D eigenvalue weighted by Gasteiger charge is 2.62. The first-order valence-corrected chi connectivity index (χ1v) is 9.96. The van der Waals surface area contributed by atoms with E-state index in [1.54, 1.807) is 41.5 Å². The molecular formula is C19H30N2O9. The lowest BCUT2D eigenvalue weighted by molar-refractivity contribution is -0.231. The number of amides is 2. The van der Waals surface area contributed by atoms with Crippen molar-refractivity contribution in [2.45, 2.75) is 89.9 Å². The van der Waals surface area contributed by atoms with Gasteiger partial charge in [-0.1, -0.05) is 13.8 Å². The van der Waals surface area contributed by atoms with Crippen molar-refractivity contribution in [3.63, 3.8) is 0 Å². The van der Waals surface area contributed by atoms with Gasteiger partial charge in [-0.05, 0) is 33.6 Å². The molecule has 0 aromatic carbocycles. The Morgan fingerprint density at radius 3 is 2.10 bits per heavy atom. The molecule has 0 spiro atoms. The summed E-state index contributed by atoms with van der Waals surface area (Å²) in [5.74, 6) is -4.54. The predicted molar refractivity (Wildman–Crippen MR) is 99.9 cm³/mol. The summed E-state index contributed by atoms with van der Waals surface area (Å²) in [6.45, 7) is 9.86. The van der Waals surface area contributed by atoms with Crippen LogP contribution >= 0.6 is 0 Å². The van der Waals surface area contributed by atoms with Crippen LogP contribution in [-0.2, 0) is 38.1 Å². The van der Waals surface area contributed by atoms with E-state index in [0.717, 1.165) is 0 Å². The van der Waals surface area contributed by atoms with Gasteiger partial charge in [0.1, 0.15) is 24.4 Å². The molecule has 6 unspecified atom stereocenters. The Morgan fingerprint density at radius 2 is 1.50 bits per heavy atom. The average molecular weight is 430 g/mol. The summed E-state index contributed by atoms with van der Waals surface area (Å²) < 4.78 is 29.2. The van der Waals surface area contributed by atoms with E-state index in [0.29, 0.717) is 0 Å². The zero-order valence-electron chi connectivity index (χ0n) is 18.0. The lowest BCUT2D eigenvalue weighted by atomic mass is 9.98. The van der Waals surface area contributed by atoms with Crippen molar-refractivity contribution in [3.05, 3.63) is 0 Å². The van der Waals surface area contributed by atoms with E-state index in [-0.39, 0.29) is 5.92 Å². The van der Waals surface area contributed by atoms with Gasteiger partial charge in [0.2, 0.25) is 5.91 Å². The second-order valence-corrected chi connectivity index (χ2v) is 8.94. The molecule has 3 saturated heterocycles. The van der Waals surface area contributed by atoms with Crippen LogP contribution in [0.2, 0.25) is 0 Å². The third kappa shape index (κ3) is 4.75. The zero-order valence-corrected chi connectivity index (χ0v) is 18.0. The number of carbonyl (C=O) groups is 3. The molecule has 30 heavy (non-hydrogen) atoms. The highest BCUT2D eigenvalue weighted by atomic mass is 16.9. The minimum atomic E-state index is -1.14. The number of carbonyl (C=O) groups excluding carboxylic acids is 2. The quantitative estimate of drug-likeness (QED) is 0.519. The topological polar surface area (TPSA) is 142 Å². The lowest BCUT2D eigenvalue weighted by Crippen LogP contribution is -2.60. The summed E-state index contributed by atoms with van der Waals surface area (Å²) in [6.07, 6.45) is -3.85. The summed E-state index contributed by atoms with van der Waals surface area (Å²) in [7, 11) is 0. The van der Waals surface area contributed by atoms with Crippen LogP contribution < -0.4 is 10.6 Å². The maximum Gasteiger partial charge on any atom is 0.326 e. The number of hydrogen-bond donors (Lipinski definition) is 3. The standard InChI is InChI=1S/C19H30N2O9/c1-8(2)10(16(24)25)21-9(22)7-20-15(23)13-11-12(28-18(3,4)27-11)14-17(26-13)30-19(5,6)29-14/h8,10-14,17H,7H2,1-6H3,(H,20,23)(H,21,22)(H,24,25). The van der Waals surface area contributed by atoms with E-state index in [1.807, 2.05) is 0 Å². The van der Waals surface area contributed by atoms with Gasteiger partial charge < -0.3 is 39.4 Å². The minimum absolute atomic E-state index is 0.310. The maximum atomic E-state index is 12.8. The van der Waals surface area contributed by atoms with Gasteiger partial charge in [-0.2, -0.15) is 0 Å². The zero-order chi connectivity index (χ0) is 22.4. The Balaban J connectivity index is 1.65. The Labute approximate surface area is 174 Å². The number of rotatable bonds is 6. The van der Waals surface area contributed by atoms with E-state index in [2.05, 4.69) is 10.6 Å². The van der Waals surface area contributed by atoms with Gasteiger partial charge in [-0.3, -0.25) is 9.59 Å². The SMILES string of the molecule is CC(C)C(NC(=O)CNC(=O)C1OC2OC(C)(C)OC2C2OC(C)(C)OC12)C(=O)O. The molecule has 0 aromatic rings. The third-order valence-corrected chi connectivity index (χ3v) is 5.09. The Kier molecular flexibility index (Phi) is 6.14. The fourth-order valence-corrected chi connectivity index (χ4v) is 3.83. The van der Waals surface area contributed by atoms with Crippen LogP contribution in [0.4, 0.5) is 0 Å². The maximum absolute atomic E-state index is 12.8. The predicted octanol–water partition coefficient (Wildman–Crippen LogP) is -0.275. The van der Waals surface area contributed by atoms with E-state index in [4.69, 9.17) is 23.7 Å². The van der Waals surface area contributed by atoms with Crippen LogP contribution in [0.1, 0.15) is 41.5 Å². The van der Waals surface area contributed by atoms with Gasteiger partial charge in [0, 0.05) is 0 Å².